The van der Waals surface area contributed by atoms with Gasteiger partial charge in [-0.15, -0.1) is 0 Å². The maximum absolute atomic E-state index is 11.9. The Morgan fingerprint density at radius 1 is 1.19 bits per heavy atom. The van der Waals surface area contributed by atoms with E-state index in [1.165, 1.54) is 24.2 Å². The van der Waals surface area contributed by atoms with Crippen LogP contribution in [-0.2, 0) is 9.59 Å². The molecule has 5 nitrogen and oxygen atoms in total. The predicted octanol–water partition coefficient (Wildman–Crippen LogP) is 4.95. The van der Waals surface area contributed by atoms with Gasteiger partial charge in [0.15, 0.2) is 0 Å². The lowest BCUT2D eigenvalue weighted by molar-refractivity contribution is -0.124. The standard InChI is InChI=1S/C21H25NO4S/c1-4-5-10-26-19-12-17(22-21(25)11-15(3)23)18(24)13-20(19)27-16-8-6-14(2)7-9-16/h6-9,12-13,24H,4-5,10-11H2,1-3H3,(H,22,25). The molecule has 0 aliphatic rings. The van der Waals surface area contributed by atoms with Gasteiger partial charge in [0.25, 0.3) is 0 Å². The van der Waals surface area contributed by atoms with Crippen molar-refractivity contribution in [3.05, 3.63) is 42.0 Å². The van der Waals surface area contributed by atoms with E-state index in [0.29, 0.717) is 12.4 Å². The van der Waals surface area contributed by atoms with Crippen molar-refractivity contribution in [3.8, 4) is 11.5 Å². The summed E-state index contributed by atoms with van der Waals surface area (Å²) in [5.41, 5.74) is 1.41. The van der Waals surface area contributed by atoms with Crippen molar-refractivity contribution in [3.63, 3.8) is 0 Å². The number of carbonyl (C=O) groups excluding carboxylic acids is 2. The quantitative estimate of drug-likeness (QED) is 0.362. The number of hydrogen-bond donors (Lipinski definition) is 2. The number of ether oxygens (including phenoxy) is 1. The van der Waals surface area contributed by atoms with Gasteiger partial charge >= 0.3 is 0 Å². The van der Waals surface area contributed by atoms with Crippen LogP contribution in [0.1, 0.15) is 38.7 Å². The lowest BCUT2D eigenvalue weighted by Gasteiger charge is -2.15. The lowest BCUT2D eigenvalue weighted by atomic mass is 10.2. The molecule has 0 fully saturated rings. The third-order valence-electron chi connectivity index (χ3n) is 3.75. The predicted molar refractivity (Wildman–Crippen MR) is 108 cm³/mol. The number of phenolic OH excluding ortho intramolecular Hbond substituents is 1. The summed E-state index contributed by atoms with van der Waals surface area (Å²) in [4.78, 5) is 24.7. The molecule has 0 saturated heterocycles. The van der Waals surface area contributed by atoms with E-state index in [1.54, 1.807) is 12.1 Å². The number of carbonyl (C=O) groups is 2. The van der Waals surface area contributed by atoms with Crippen LogP contribution in [0.25, 0.3) is 0 Å². The fraction of sp³-hybridized carbons (Fsp3) is 0.333. The van der Waals surface area contributed by atoms with E-state index in [1.807, 2.05) is 31.2 Å². The van der Waals surface area contributed by atoms with Crippen molar-refractivity contribution in [1.82, 2.24) is 0 Å². The van der Waals surface area contributed by atoms with Gasteiger partial charge in [0.1, 0.15) is 17.3 Å². The summed E-state index contributed by atoms with van der Waals surface area (Å²) < 4.78 is 5.88. The number of nitrogens with one attached hydrogen (secondary N) is 1. The third-order valence-corrected chi connectivity index (χ3v) is 4.80. The van der Waals surface area contributed by atoms with Crippen LogP contribution in [0.2, 0.25) is 0 Å². The number of benzene rings is 2. The summed E-state index contributed by atoms with van der Waals surface area (Å²) in [5.74, 6) is -0.177. The van der Waals surface area contributed by atoms with Crippen LogP contribution < -0.4 is 10.1 Å². The number of unbranched alkanes of at least 4 members (excludes halogenated alkanes) is 1. The van der Waals surface area contributed by atoms with E-state index in [9.17, 15) is 14.7 Å². The van der Waals surface area contributed by atoms with Crippen LogP contribution in [0.15, 0.2) is 46.2 Å². The second kappa shape index (κ2) is 10.0. The van der Waals surface area contributed by atoms with Crippen molar-refractivity contribution in [2.45, 2.75) is 49.8 Å². The summed E-state index contributed by atoms with van der Waals surface area (Å²) in [6.07, 6.45) is 1.67. The Morgan fingerprint density at radius 2 is 1.89 bits per heavy atom. The molecule has 0 saturated carbocycles. The smallest absolute Gasteiger partial charge is 0.231 e. The van der Waals surface area contributed by atoms with Gasteiger partial charge in [-0.25, -0.2) is 0 Å². The molecule has 27 heavy (non-hydrogen) atoms. The Kier molecular flexibility index (Phi) is 7.73. The highest BCUT2D eigenvalue weighted by Gasteiger charge is 2.15. The molecule has 0 spiro atoms. The number of rotatable bonds is 9. The maximum atomic E-state index is 11.9. The Hall–Kier alpha value is -2.47. The molecule has 0 aliphatic heterocycles. The first kappa shape index (κ1) is 20.8. The van der Waals surface area contributed by atoms with Gasteiger partial charge in [0.2, 0.25) is 5.91 Å². The van der Waals surface area contributed by atoms with Gasteiger partial charge in [-0.05, 0) is 38.5 Å². The number of Topliss-reactive ketones (excluding diaryl/α,β-unsaturated/α-hetero) is 1. The third kappa shape index (κ3) is 6.64. The van der Waals surface area contributed by atoms with E-state index in [0.717, 1.165) is 22.6 Å². The van der Waals surface area contributed by atoms with Crippen molar-refractivity contribution in [2.24, 2.45) is 0 Å². The summed E-state index contributed by atoms with van der Waals surface area (Å²) in [7, 11) is 0. The van der Waals surface area contributed by atoms with Crippen molar-refractivity contribution < 1.29 is 19.4 Å². The summed E-state index contributed by atoms with van der Waals surface area (Å²) in [6.45, 7) is 6.00. The molecule has 0 bridgehead atoms. The minimum Gasteiger partial charge on any atom is -0.506 e. The van der Waals surface area contributed by atoms with Crippen LogP contribution in [0.4, 0.5) is 5.69 Å². The number of hydrogen-bond acceptors (Lipinski definition) is 5. The Morgan fingerprint density at radius 3 is 2.52 bits per heavy atom. The number of phenols is 1. The van der Waals surface area contributed by atoms with Crippen LogP contribution in [0.5, 0.6) is 11.5 Å². The number of aromatic hydroxyl groups is 1. The minimum absolute atomic E-state index is 0.0654. The van der Waals surface area contributed by atoms with Crippen molar-refractivity contribution >= 4 is 29.1 Å². The van der Waals surface area contributed by atoms with E-state index >= 15 is 0 Å². The second-order valence-electron chi connectivity index (χ2n) is 6.36. The molecule has 6 heteroatoms. The summed E-state index contributed by atoms with van der Waals surface area (Å²) >= 11 is 1.48. The molecular formula is C21H25NO4S. The maximum Gasteiger partial charge on any atom is 0.231 e. The Balaban J connectivity index is 2.27. The summed E-state index contributed by atoms with van der Waals surface area (Å²) in [6, 6.07) is 11.3. The molecule has 2 rings (SSSR count). The van der Waals surface area contributed by atoms with E-state index in [-0.39, 0.29) is 23.6 Å². The van der Waals surface area contributed by atoms with Crippen molar-refractivity contribution in [1.29, 1.82) is 0 Å². The monoisotopic (exact) mass is 387 g/mol. The van der Waals surface area contributed by atoms with E-state index < -0.39 is 5.91 Å². The molecule has 0 unspecified atom stereocenters. The zero-order valence-corrected chi connectivity index (χ0v) is 16.7. The van der Waals surface area contributed by atoms with Gasteiger partial charge in [0.05, 0.1) is 23.6 Å². The highest BCUT2D eigenvalue weighted by Crippen LogP contribution is 2.41. The Labute approximate surface area is 164 Å². The first-order valence-corrected chi connectivity index (χ1v) is 9.74. The Bertz CT molecular complexity index is 803. The molecule has 0 radical (unpaired) electrons. The fourth-order valence-electron chi connectivity index (χ4n) is 2.32. The van der Waals surface area contributed by atoms with Crippen LogP contribution in [-0.4, -0.2) is 23.4 Å². The highest BCUT2D eigenvalue weighted by molar-refractivity contribution is 7.99. The molecule has 2 aromatic carbocycles. The topological polar surface area (TPSA) is 75.6 Å². The molecule has 0 aliphatic carbocycles. The number of aryl methyl sites for hydroxylation is 1. The number of amides is 1. The molecule has 0 atom stereocenters. The van der Waals surface area contributed by atoms with E-state index in [4.69, 9.17) is 4.74 Å². The largest absolute Gasteiger partial charge is 0.506 e. The molecule has 144 valence electrons. The van der Waals surface area contributed by atoms with E-state index in [2.05, 4.69) is 12.2 Å². The number of ketones is 1. The normalized spacial score (nSPS) is 10.5. The molecule has 2 N–H and O–H groups in total. The highest BCUT2D eigenvalue weighted by atomic mass is 32.2. The second-order valence-corrected chi connectivity index (χ2v) is 7.48. The van der Waals surface area contributed by atoms with Gasteiger partial charge in [-0.1, -0.05) is 42.8 Å². The summed E-state index contributed by atoms with van der Waals surface area (Å²) in [5, 5.41) is 12.9. The van der Waals surface area contributed by atoms with Gasteiger partial charge in [-0.2, -0.15) is 0 Å². The zero-order chi connectivity index (χ0) is 19.8. The van der Waals surface area contributed by atoms with Gasteiger partial charge in [0, 0.05) is 11.0 Å². The van der Waals surface area contributed by atoms with Gasteiger partial charge < -0.3 is 15.2 Å². The lowest BCUT2D eigenvalue weighted by Crippen LogP contribution is -2.15. The first-order valence-electron chi connectivity index (χ1n) is 8.92. The van der Waals surface area contributed by atoms with Crippen LogP contribution in [0, 0.1) is 6.92 Å². The average molecular weight is 388 g/mol. The average Bonchev–Trinajstić information content (AvgIpc) is 2.60. The minimum atomic E-state index is -0.462. The molecule has 1 amide bonds. The molecule has 0 aromatic heterocycles. The first-order chi connectivity index (χ1) is 12.9. The zero-order valence-electron chi connectivity index (χ0n) is 15.9. The van der Waals surface area contributed by atoms with Crippen LogP contribution >= 0.6 is 11.8 Å². The SMILES string of the molecule is CCCCOc1cc(NC(=O)CC(C)=O)c(O)cc1Sc1ccc(C)cc1. The molecular weight excluding hydrogens is 362 g/mol. The molecule has 0 heterocycles. The van der Waals surface area contributed by atoms with Crippen molar-refractivity contribution in [2.75, 3.05) is 11.9 Å². The number of anilines is 1. The molecule has 2 aromatic rings. The van der Waals surface area contributed by atoms with Crippen LogP contribution in [0.3, 0.4) is 0 Å². The van der Waals surface area contributed by atoms with Gasteiger partial charge in [-0.3, -0.25) is 9.59 Å². The fourth-order valence-corrected chi connectivity index (χ4v) is 3.24.